The van der Waals surface area contributed by atoms with E-state index in [0.717, 1.165) is 6.42 Å². The van der Waals surface area contributed by atoms with Crippen LogP contribution in [0.3, 0.4) is 0 Å². The normalized spacial score (nSPS) is 10.8. The highest BCUT2D eigenvalue weighted by Crippen LogP contribution is 2.13. The molecule has 0 amide bonds. The van der Waals surface area contributed by atoms with Crippen LogP contribution in [0.1, 0.15) is 12.5 Å². The minimum atomic E-state index is -0.274. The van der Waals surface area contributed by atoms with Gasteiger partial charge < -0.3 is 4.74 Å². The first kappa shape index (κ1) is 13.6. The van der Waals surface area contributed by atoms with Gasteiger partial charge in [-0.15, -0.1) is 0 Å². The molecule has 98 valence electrons. The Hall–Kier alpha value is -1.87. The van der Waals surface area contributed by atoms with E-state index in [0.29, 0.717) is 5.75 Å². The maximum Gasteiger partial charge on any atom is 0.308 e. The lowest BCUT2D eigenvalue weighted by Crippen LogP contribution is -2.13. The van der Waals surface area contributed by atoms with E-state index in [4.69, 9.17) is 4.74 Å². The zero-order chi connectivity index (χ0) is 13.5. The fourth-order valence-electron chi connectivity index (χ4n) is 2.03. The summed E-state index contributed by atoms with van der Waals surface area (Å²) >= 11 is 0. The highest BCUT2D eigenvalue weighted by molar-refractivity contribution is 6.53. The summed E-state index contributed by atoms with van der Waals surface area (Å²) < 4.78 is 5.01. The number of aryl methyl sites for hydroxylation is 1. The minimum absolute atomic E-state index is 0.168. The molecular formula is C16H18O2Si. The summed E-state index contributed by atoms with van der Waals surface area (Å²) in [5.74, 6) is 0.348. The smallest absolute Gasteiger partial charge is 0.308 e. The Bertz CT molecular complexity index is 520. The highest BCUT2D eigenvalue weighted by Gasteiger charge is 1.99. The molecule has 2 aromatic carbocycles. The summed E-state index contributed by atoms with van der Waals surface area (Å²) in [4.78, 5) is 10.8. The molecular weight excluding hydrogens is 252 g/mol. The molecule has 0 heterocycles. The predicted molar refractivity (Wildman–Crippen MR) is 80.9 cm³/mol. The Balaban J connectivity index is 1.81. The number of carbonyl (C=O) groups excluding carboxylic acids is 1. The van der Waals surface area contributed by atoms with Gasteiger partial charge in [-0.2, -0.15) is 0 Å². The van der Waals surface area contributed by atoms with Crippen molar-refractivity contribution < 1.29 is 9.53 Å². The molecule has 0 bridgehead atoms. The molecule has 2 nitrogen and oxygen atoms in total. The van der Waals surface area contributed by atoms with Gasteiger partial charge in [0.2, 0.25) is 0 Å². The van der Waals surface area contributed by atoms with Crippen molar-refractivity contribution in [1.29, 1.82) is 0 Å². The third kappa shape index (κ3) is 4.71. The van der Waals surface area contributed by atoms with E-state index in [2.05, 4.69) is 30.3 Å². The summed E-state index contributed by atoms with van der Waals surface area (Å²) in [5.41, 5.74) is 1.30. The number of rotatable bonds is 5. The van der Waals surface area contributed by atoms with Crippen LogP contribution in [-0.2, 0) is 11.2 Å². The van der Waals surface area contributed by atoms with Crippen molar-refractivity contribution in [3.63, 3.8) is 0 Å². The average Bonchev–Trinajstić information content (AvgIpc) is 2.41. The SMILES string of the molecule is CC(=O)Oc1ccc(CC[SiH2]c2ccccc2)cc1. The number of benzene rings is 2. The van der Waals surface area contributed by atoms with E-state index >= 15 is 0 Å². The Morgan fingerprint density at radius 1 is 1.05 bits per heavy atom. The van der Waals surface area contributed by atoms with Crippen molar-refractivity contribution in [2.24, 2.45) is 0 Å². The van der Waals surface area contributed by atoms with Crippen molar-refractivity contribution in [3.8, 4) is 5.75 Å². The Kier molecular flexibility index (Phi) is 4.92. The van der Waals surface area contributed by atoms with E-state index in [-0.39, 0.29) is 15.5 Å². The van der Waals surface area contributed by atoms with Crippen molar-refractivity contribution in [2.75, 3.05) is 0 Å². The van der Waals surface area contributed by atoms with E-state index in [1.165, 1.54) is 23.7 Å². The molecule has 2 aromatic rings. The monoisotopic (exact) mass is 270 g/mol. The first-order valence-electron chi connectivity index (χ1n) is 6.55. The number of hydrogen-bond acceptors (Lipinski definition) is 2. The van der Waals surface area contributed by atoms with Crippen LogP contribution in [0.25, 0.3) is 0 Å². The van der Waals surface area contributed by atoms with Gasteiger partial charge in [-0.05, 0) is 24.1 Å². The quantitative estimate of drug-likeness (QED) is 0.472. The second-order valence-corrected chi connectivity index (χ2v) is 6.60. The number of esters is 1. The lowest BCUT2D eigenvalue weighted by Gasteiger charge is -2.04. The number of carbonyl (C=O) groups is 1. The first-order valence-corrected chi connectivity index (χ1v) is 8.26. The lowest BCUT2D eigenvalue weighted by atomic mass is 10.2. The van der Waals surface area contributed by atoms with Crippen molar-refractivity contribution >= 4 is 20.7 Å². The second kappa shape index (κ2) is 6.90. The molecule has 0 aliphatic rings. The molecule has 0 aliphatic heterocycles. The number of ether oxygens (including phenoxy) is 1. The van der Waals surface area contributed by atoms with E-state index < -0.39 is 0 Å². The van der Waals surface area contributed by atoms with Crippen LogP contribution in [0.4, 0.5) is 0 Å². The topological polar surface area (TPSA) is 26.3 Å². The molecule has 3 heteroatoms. The average molecular weight is 270 g/mol. The molecule has 0 atom stereocenters. The van der Waals surface area contributed by atoms with Crippen LogP contribution in [0.5, 0.6) is 5.75 Å². The van der Waals surface area contributed by atoms with Gasteiger partial charge in [0.1, 0.15) is 5.75 Å². The third-order valence-corrected chi connectivity index (χ3v) is 4.71. The maximum atomic E-state index is 10.8. The van der Waals surface area contributed by atoms with Gasteiger partial charge in [0.25, 0.3) is 0 Å². The molecule has 0 saturated carbocycles. The van der Waals surface area contributed by atoms with Gasteiger partial charge in [0.05, 0.1) is 9.52 Å². The van der Waals surface area contributed by atoms with Crippen molar-refractivity contribution in [3.05, 3.63) is 60.2 Å². The summed E-state index contributed by atoms with van der Waals surface area (Å²) in [7, 11) is -0.168. The van der Waals surface area contributed by atoms with Crippen molar-refractivity contribution in [2.45, 2.75) is 19.4 Å². The van der Waals surface area contributed by atoms with Gasteiger partial charge in [-0.25, -0.2) is 0 Å². The molecule has 0 aromatic heterocycles. The van der Waals surface area contributed by atoms with Gasteiger partial charge in [0.15, 0.2) is 0 Å². The van der Waals surface area contributed by atoms with Crippen LogP contribution in [0.15, 0.2) is 54.6 Å². The second-order valence-electron chi connectivity index (χ2n) is 4.58. The van der Waals surface area contributed by atoms with Gasteiger partial charge >= 0.3 is 5.97 Å². The zero-order valence-electron chi connectivity index (χ0n) is 11.1. The highest BCUT2D eigenvalue weighted by atomic mass is 28.2. The fraction of sp³-hybridized carbons (Fsp3) is 0.188. The van der Waals surface area contributed by atoms with E-state index in [1.54, 1.807) is 0 Å². The standard InChI is InChI=1S/C16H18O2Si/c1-13(17)18-15-9-7-14(8-10-15)11-12-19-16-5-3-2-4-6-16/h2-10H,11-12,19H2,1H3. The van der Waals surface area contributed by atoms with Crippen LogP contribution in [-0.4, -0.2) is 15.5 Å². The Morgan fingerprint density at radius 2 is 1.74 bits per heavy atom. The Labute approximate surface area is 116 Å². The maximum absolute atomic E-state index is 10.8. The molecule has 19 heavy (non-hydrogen) atoms. The summed E-state index contributed by atoms with van der Waals surface area (Å²) in [5, 5.41) is 1.51. The minimum Gasteiger partial charge on any atom is -0.427 e. The molecule has 0 N–H and O–H groups in total. The Morgan fingerprint density at radius 3 is 2.37 bits per heavy atom. The summed E-state index contributed by atoms with van der Waals surface area (Å²) in [6, 6.07) is 19.8. The largest absolute Gasteiger partial charge is 0.427 e. The third-order valence-electron chi connectivity index (χ3n) is 2.96. The van der Waals surface area contributed by atoms with Gasteiger partial charge in [-0.1, -0.05) is 53.7 Å². The lowest BCUT2D eigenvalue weighted by molar-refractivity contribution is -0.131. The van der Waals surface area contributed by atoms with Gasteiger partial charge in [0, 0.05) is 6.92 Å². The van der Waals surface area contributed by atoms with E-state index in [9.17, 15) is 4.79 Å². The molecule has 0 radical (unpaired) electrons. The number of hydrogen-bond donors (Lipinski definition) is 0. The zero-order valence-corrected chi connectivity index (χ0v) is 12.5. The molecule has 0 fully saturated rings. The predicted octanol–water partition coefficient (Wildman–Crippen LogP) is 2.07. The molecule has 0 aliphatic carbocycles. The summed E-state index contributed by atoms with van der Waals surface area (Å²) in [6.07, 6.45) is 1.10. The molecule has 0 saturated heterocycles. The first-order chi connectivity index (χ1) is 9.24. The van der Waals surface area contributed by atoms with Gasteiger partial charge in [-0.3, -0.25) is 4.79 Å². The fourth-order valence-corrected chi connectivity index (χ4v) is 3.63. The van der Waals surface area contributed by atoms with Crippen LogP contribution in [0, 0.1) is 0 Å². The van der Waals surface area contributed by atoms with Crippen LogP contribution >= 0.6 is 0 Å². The molecule has 0 spiro atoms. The van der Waals surface area contributed by atoms with Crippen molar-refractivity contribution in [1.82, 2.24) is 0 Å². The molecule has 2 rings (SSSR count). The van der Waals surface area contributed by atoms with Crippen LogP contribution in [0.2, 0.25) is 6.04 Å². The summed E-state index contributed by atoms with van der Waals surface area (Å²) in [6.45, 7) is 1.42. The van der Waals surface area contributed by atoms with E-state index in [1.807, 2.05) is 24.3 Å². The molecule has 0 unspecified atom stereocenters. The van der Waals surface area contributed by atoms with Crippen LogP contribution < -0.4 is 9.92 Å².